The van der Waals surface area contributed by atoms with E-state index >= 15 is 0 Å². The highest BCUT2D eigenvalue weighted by atomic mass is 32.2. The number of hydrogen-bond donors (Lipinski definition) is 1. The first kappa shape index (κ1) is 13.5. The highest BCUT2D eigenvalue weighted by molar-refractivity contribution is 7.99. The second-order valence-electron chi connectivity index (χ2n) is 4.28. The Bertz CT molecular complexity index is 322. The minimum atomic E-state index is 0.366. The van der Waals surface area contributed by atoms with E-state index in [2.05, 4.69) is 42.5 Å². The average molecular weight is 242 g/mol. The number of thioether (sulfide) groups is 1. The van der Waals surface area contributed by atoms with Gasteiger partial charge in [0.1, 0.15) is 5.82 Å². The van der Waals surface area contributed by atoms with Crippen LogP contribution < -0.4 is 5.73 Å². The maximum absolute atomic E-state index is 5.66. The second-order valence-corrected chi connectivity index (χ2v) is 5.69. The number of rotatable bonds is 6. The Kier molecular flexibility index (Phi) is 5.28. The molecule has 1 aromatic rings. The van der Waals surface area contributed by atoms with Gasteiger partial charge in [0.25, 0.3) is 0 Å². The Hall–Kier alpha value is -0.550. The van der Waals surface area contributed by atoms with E-state index in [1.165, 1.54) is 12.8 Å². The summed E-state index contributed by atoms with van der Waals surface area (Å²) in [6.07, 6.45) is 2.40. The highest BCUT2D eigenvalue weighted by Crippen LogP contribution is 2.27. The van der Waals surface area contributed by atoms with Gasteiger partial charge in [0.15, 0.2) is 5.16 Å². The van der Waals surface area contributed by atoms with Crippen LogP contribution in [0.1, 0.15) is 52.4 Å². The van der Waals surface area contributed by atoms with E-state index in [4.69, 9.17) is 5.73 Å². The van der Waals surface area contributed by atoms with Crippen LogP contribution in [0.25, 0.3) is 0 Å². The molecular formula is C11H22N4S. The van der Waals surface area contributed by atoms with E-state index in [0.717, 1.165) is 11.0 Å². The van der Waals surface area contributed by atoms with Gasteiger partial charge in [-0.05, 0) is 20.3 Å². The third-order valence-corrected chi connectivity index (χ3v) is 3.56. The van der Waals surface area contributed by atoms with E-state index in [-0.39, 0.29) is 0 Å². The molecule has 1 aromatic heterocycles. The molecule has 0 fully saturated rings. The van der Waals surface area contributed by atoms with Gasteiger partial charge < -0.3 is 10.3 Å². The Balaban J connectivity index is 2.83. The van der Waals surface area contributed by atoms with Gasteiger partial charge in [-0.2, -0.15) is 0 Å². The van der Waals surface area contributed by atoms with Crippen molar-refractivity contribution in [2.24, 2.45) is 5.73 Å². The smallest absolute Gasteiger partial charge is 0.191 e. The Morgan fingerprint density at radius 2 is 2.00 bits per heavy atom. The van der Waals surface area contributed by atoms with Gasteiger partial charge in [-0.15, -0.1) is 10.2 Å². The van der Waals surface area contributed by atoms with E-state index in [0.29, 0.717) is 17.8 Å². The van der Waals surface area contributed by atoms with Crippen LogP contribution in [0.4, 0.5) is 0 Å². The minimum absolute atomic E-state index is 0.366. The first-order valence-corrected chi connectivity index (χ1v) is 6.78. The zero-order valence-electron chi connectivity index (χ0n) is 10.6. The fourth-order valence-electron chi connectivity index (χ4n) is 1.69. The van der Waals surface area contributed by atoms with Crippen molar-refractivity contribution in [1.29, 1.82) is 0 Å². The second kappa shape index (κ2) is 6.25. The molecule has 0 radical (unpaired) electrons. The molecule has 1 unspecified atom stereocenters. The Morgan fingerprint density at radius 1 is 1.31 bits per heavy atom. The van der Waals surface area contributed by atoms with Crippen LogP contribution in [-0.2, 0) is 6.54 Å². The SMILES string of the molecule is CCCC(C)Sc1nnc(CN)n1C(C)C. The number of nitrogens with two attached hydrogens (primary N) is 1. The maximum atomic E-state index is 5.66. The molecule has 4 nitrogen and oxygen atoms in total. The van der Waals surface area contributed by atoms with Gasteiger partial charge in [-0.25, -0.2) is 0 Å². The summed E-state index contributed by atoms with van der Waals surface area (Å²) < 4.78 is 2.14. The minimum Gasteiger partial charge on any atom is -0.324 e. The van der Waals surface area contributed by atoms with Crippen LogP contribution in [-0.4, -0.2) is 20.0 Å². The summed E-state index contributed by atoms with van der Waals surface area (Å²) in [5, 5.41) is 9.94. The van der Waals surface area contributed by atoms with Gasteiger partial charge in [0, 0.05) is 11.3 Å². The quantitative estimate of drug-likeness (QED) is 0.779. The highest BCUT2D eigenvalue weighted by Gasteiger charge is 2.16. The van der Waals surface area contributed by atoms with Crippen LogP contribution in [0.15, 0.2) is 5.16 Å². The molecule has 5 heteroatoms. The van der Waals surface area contributed by atoms with Crippen LogP contribution >= 0.6 is 11.8 Å². The molecular weight excluding hydrogens is 220 g/mol. The standard InChI is InChI=1S/C11H22N4S/c1-5-6-9(4)16-11-14-13-10(7-12)15(11)8(2)3/h8-9H,5-7,12H2,1-4H3. The molecule has 1 heterocycles. The van der Waals surface area contributed by atoms with E-state index < -0.39 is 0 Å². The summed E-state index contributed by atoms with van der Waals surface area (Å²) in [5.74, 6) is 0.876. The molecule has 0 spiro atoms. The molecule has 0 saturated carbocycles. The normalized spacial score (nSPS) is 13.4. The molecule has 0 amide bonds. The molecule has 92 valence electrons. The summed E-state index contributed by atoms with van der Waals surface area (Å²) >= 11 is 1.79. The topological polar surface area (TPSA) is 56.7 Å². The number of aromatic nitrogens is 3. The average Bonchev–Trinajstić information content (AvgIpc) is 2.61. The third-order valence-electron chi connectivity index (χ3n) is 2.44. The molecule has 1 rings (SSSR count). The lowest BCUT2D eigenvalue weighted by Gasteiger charge is -2.15. The monoisotopic (exact) mass is 242 g/mol. The van der Waals surface area contributed by atoms with Gasteiger partial charge >= 0.3 is 0 Å². The number of hydrogen-bond acceptors (Lipinski definition) is 4. The Morgan fingerprint density at radius 3 is 2.50 bits per heavy atom. The van der Waals surface area contributed by atoms with Crippen molar-refractivity contribution in [3.63, 3.8) is 0 Å². The van der Waals surface area contributed by atoms with Crippen LogP contribution in [0.5, 0.6) is 0 Å². The van der Waals surface area contributed by atoms with Crippen molar-refractivity contribution >= 4 is 11.8 Å². The summed E-state index contributed by atoms with van der Waals surface area (Å²) in [6, 6.07) is 0.366. The molecule has 0 aliphatic heterocycles. The first-order valence-electron chi connectivity index (χ1n) is 5.90. The van der Waals surface area contributed by atoms with Crippen molar-refractivity contribution in [3.05, 3.63) is 5.82 Å². The van der Waals surface area contributed by atoms with Crippen LogP contribution in [0.3, 0.4) is 0 Å². The molecule has 2 N–H and O–H groups in total. The van der Waals surface area contributed by atoms with Gasteiger partial charge in [0.2, 0.25) is 0 Å². The summed E-state index contributed by atoms with van der Waals surface area (Å²) in [4.78, 5) is 0. The summed E-state index contributed by atoms with van der Waals surface area (Å²) in [5.41, 5.74) is 5.66. The van der Waals surface area contributed by atoms with Gasteiger partial charge in [0.05, 0.1) is 6.54 Å². The van der Waals surface area contributed by atoms with Gasteiger partial charge in [-0.3, -0.25) is 0 Å². The zero-order valence-corrected chi connectivity index (χ0v) is 11.4. The van der Waals surface area contributed by atoms with E-state index in [9.17, 15) is 0 Å². The summed E-state index contributed by atoms with van der Waals surface area (Å²) in [7, 11) is 0. The maximum Gasteiger partial charge on any atom is 0.191 e. The van der Waals surface area contributed by atoms with Crippen molar-refractivity contribution in [2.45, 2.75) is 63.5 Å². The van der Waals surface area contributed by atoms with E-state index in [1.54, 1.807) is 11.8 Å². The Labute approximate surface area is 102 Å². The number of nitrogens with zero attached hydrogens (tertiary/aromatic N) is 3. The molecule has 0 aromatic carbocycles. The lowest BCUT2D eigenvalue weighted by Crippen LogP contribution is -2.12. The van der Waals surface area contributed by atoms with Gasteiger partial charge in [-0.1, -0.05) is 32.0 Å². The van der Waals surface area contributed by atoms with Crippen molar-refractivity contribution in [2.75, 3.05) is 0 Å². The van der Waals surface area contributed by atoms with Crippen molar-refractivity contribution in [1.82, 2.24) is 14.8 Å². The third kappa shape index (κ3) is 3.22. The molecule has 0 saturated heterocycles. The predicted molar refractivity (Wildman–Crippen MR) is 68.5 cm³/mol. The molecule has 16 heavy (non-hydrogen) atoms. The van der Waals surface area contributed by atoms with Crippen LogP contribution in [0, 0.1) is 0 Å². The zero-order chi connectivity index (χ0) is 12.1. The largest absolute Gasteiger partial charge is 0.324 e. The van der Waals surface area contributed by atoms with Crippen LogP contribution in [0.2, 0.25) is 0 Å². The molecule has 0 aliphatic rings. The molecule has 0 aliphatic carbocycles. The molecule has 1 atom stereocenters. The van der Waals surface area contributed by atoms with Crippen molar-refractivity contribution < 1.29 is 0 Å². The lowest BCUT2D eigenvalue weighted by atomic mass is 10.3. The fraction of sp³-hybridized carbons (Fsp3) is 0.818. The first-order chi connectivity index (χ1) is 7.60. The van der Waals surface area contributed by atoms with E-state index in [1.807, 2.05) is 0 Å². The molecule has 0 bridgehead atoms. The fourth-order valence-corrected chi connectivity index (χ4v) is 2.92. The summed E-state index contributed by atoms with van der Waals surface area (Å²) in [6.45, 7) is 9.16. The van der Waals surface area contributed by atoms with Crippen molar-refractivity contribution in [3.8, 4) is 0 Å². The lowest BCUT2D eigenvalue weighted by molar-refractivity contribution is 0.525. The predicted octanol–water partition coefficient (Wildman–Crippen LogP) is 2.60.